The van der Waals surface area contributed by atoms with E-state index >= 15 is 0 Å². The van der Waals surface area contributed by atoms with E-state index in [9.17, 15) is 14.7 Å². The van der Waals surface area contributed by atoms with Gasteiger partial charge in [-0.15, -0.1) is 0 Å². The Morgan fingerprint density at radius 2 is 2.17 bits per heavy atom. The van der Waals surface area contributed by atoms with Gasteiger partial charge >= 0.3 is 6.09 Å². The number of hydrogen-bond acceptors (Lipinski definition) is 4. The van der Waals surface area contributed by atoms with Gasteiger partial charge in [-0.05, 0) is 25.8 Å². The highest BCUT2D eigenvalue weighted by molar-refractivity contribution is 5.92. The summed E-state index contributed by atoms with van der Waals surface area (Å²) in [4.78, 5) is 24.4. The molecule has 18 heavy (non-hydrogen) atoms. The molecule has 0 unspecified atom stereocenters. The number of aliphatic hydroxyl groups is 1. The number of β-amino-alcohol motifs (C(OH)–C–C–N with tert-alkyl or cyclic N) is 1. The Morgan fingerprint density at radius 1 is 1.50 bits per heavy atom. The average Bonchev–Trinajstić information content (AvgIpc) is 2.67. The predicted molar refractivity (Wildman–Crippen MR) is 67.1 cm³/mol. The van der Waals surface area contributed by atoms with Crippen molar-refractivity contribution in [2.45, 2.75) is 32.4 Å². The monoisotopic (exact) mass is 253 g/mol. The van der Waals surface area contributed by atoms with Crippen molar-refractivity contribution in [1.29, 1.82) is 0 Å². The standard InChI is InChI=1S/C13H19NO4/c1-4-5-18-13(17)14-8-12(16)7-11(14)6-9(2)10(3)15/h4,6,11-12,16H,1,5,7-8H2,2-3H3/b9-6+/t11-,12-/m1/s1. The van der Waals surface area contributed by atoms with Crippen molar-refractivity contribution in [2.75, 3.05) is 13.2 Å². The molecule has 1 amide bonds. The molecule has 5 nitrogen and oxygen atoms in total. The molecule has 2 atom stereocenters. The molecule has 1 aliphatic rings. The van der Waals surface area contributed by atoms with Gasteiger partial charge in [0.1, 0.15) is 6.61 Å². The van der Waals surface area contributed by atoms with Crippen LogP contribution in [0.15, 0.2) is 24.3 Å². The maximum atomic E-state index is 11.7. The summed E-state index contributed by atoms with van der Waals surface area (Å²) in [5, 5.41) is 9.61. The summed E-state index contributed by atoms with van der Waals surface area (Å²) in [5.41, 5.74) is 0.579. The SMILES string of the molecule is C=CCOC(=O)N1C[C@H](O)C[C@H]1/C=C(\C)C(C)=O. The minimum atomic E-state index is -0.581. The highest BCUT2D eigenvalue weighted by Gasteiger charge is 2.34. The van der Waals surface area contributed by atoms with Gasteiger partial charge in [0.15, 0.2) is 5.78 Å². The van der Waals surface area contributed by atoms with E-state index in [0.717, 1.165) is 0 Å². The number of nitrogens with zero attached hydrogens (tertiary/aromatic N) is 1. The van der Waals surface area contributed by atoms with Crippen molar-refractivity contribution in [2.24, 2.45) is 0 Å². The zero-order chi connectivity index (χ0) is 13.7. The maximum absolute atomic E-state index is 11.7. The average molecular weight is 253 g/mol. The number of likely N-dealkylation sites (tertiary alicyclic amines) is 1. The summed E-state index contributed by atoms with van der Waals surface area (Å²) in [6.07, 6.45) is 2.53. The minimum absolute atomic E-state index is 0.0456. The number of carbonyl (C=O) groups excluding carboxylic acids is 2. The summed E-state index contributed by atoms with van der Waals surface area (Å²) in [5.74, 6) is -0.0456. The predicted octanol–water partition coefficient (Wildman–Crippen LogP) is 1.28. The third-order valence-corrected chi connectivity index (χ3v) is 2.88. The zero-order valence-electron chi connectivity index (χ0n) is 10.8. The Kier molecular flexibility index (Phi) is 5.09. The van der Waals surface area contributed by atoms with Gasteiger partial charge in [0.25, 0.3) is 0 Å². The number of allylic oxidation sites excluding steroid dienone is 1. The molecule has 1 N–H and O–H groups in total. The Hall–Kier alpha value is -1.62. The second-order valence-electron chi connectivity index (χ2n) is 4.38. The normalized spacial score (nSPS) is 23.9. The topological polar surface area (TPSA) is 66.8 Å². The van der Waals surface area contributed by atoms with Crippen LogP contribution in [-0.2, 0) is 9.53 Å². The Balaban J connectivity index is 2.76. The lowest BCUT2D eigenvalue weighted by Crippen LogP contribution is -2.35. The number of ether oxygens (including phenoxy) is 1. The van der Waals surface area contributed by atoms with Crippen LogP contribution in [0, 0.1) is 0 Å². The molecule has 0 aromatic rings. The van der Waals surface area contributed by atoms with Crippen LogP contribution >= 0.6 is 0 Å². The summed E-state index contributed by atoms with van der Waals surface area (Å²) >= 11 is 0. The first-order chi connectivity index (χ1) is 8.45. The Morgan fingerprint density at radius 3 is 2.72 bits per heavy atom. The summed E-state index contributed by atoms with van der Waals surface area (Å²) in [6.45, 7) is 6.98. The van der Waals surface area contributed by atoms with Crippen molar-refractivity contribution < 1.29 is 19.4 Å². The summed E-state index contributed by atoms with van der Waals surface area (Å²) in [6, 6.07) is -0.291. The van der Waals surface area contributed by atoms with E-state index in [2.05, 4.69) is 6.58 Å². The van der Waals surface area contributed by atoms with Crippen LogP contribution in [0.1, 0.15) is 20.3 Å². The Bertz CT molecular complexity index is 375. The number of hydrogen-bond donors (Lipinski definition) is 1. The number of Topliss-reactive ketones (excluding diaryl/α,β-unsaturated/α-hetero) is 1. The van der Waals surface area contributed by atoms with Crippen molar-refractivity contribution >= 4 is 11.9 Å². The fraction of sp³-hybridized carbons (Fsp3) is 0.538. The van der Waals surface area contributed by atoms with Crippen LogP contribution in [0.2, 0.25) is 0 Å². The molecule has 0 radical (unpaired) electrons. The van der Waals surface area contributed by atoms with Crippen LogP contribution in [-0.4, -0.2) is 47.2 Å². The van der Waals surface area contributed by atoms with Crippen molar-refractivity contribution in [3.8, 4) is 0 Å². The number of carbonyl (C=O) groups is 2. The molecule has 1 rings (SSSR count). The molecule has 0 spiro atoms. The van der Waals surface area contributed by atoms with E-state index in [0.29, 0.717) is 12.0 Å². The lowest BCUT2D eigenvalue weighted by molar-refractivity contribution is -0.113. The minimum Gasteiger partial charge on any atom is -0.445 e. The number of ketones is 1. The van der Waals surface area contributed by atoms with Crippen molar-refractivity contribution in [1.82, 2.24) is 4.90 Å². The molecule has 1 heterocycles. The van der Waals surface area contributed by atoms with Gasteiger partial charge in [0.05, 0.1) is 18.7 Å². The van der Waals surface area contributed by atoms with E-state index in [4.69, 9.17) is 4.74 Å². The third-order valence-electron chi connectivity index (χ3n) is 2.88. The van der Waals surface area contributed by atoms with Gasteiger partial charge in [0, 0.05) is 0 Å². The van der Waals surface area contributed by atoms with E-state index in [1.165, 1.54) is 17.9 Å². The molecular weight excluding hydrogens is 234 g/mol. The second kappa shape index (κ2) is 6.35. The first-order valence-corrected chi connectivity index (χ1v) is 5.87. The molecule has 1 saturated heterocycles. The van der Waals surface area contributed by atoms with Crippen LogP contribution in [0.5, 0.6) is 0 Å². The number of rotatable bonds is 4. The highest BCUT2D eigenvalue weighted by atomic mass is 16.6. The van der Waals surface area contributed by atoms with Crippen LogP contribution in [0.25, 0.3) is 0 Å². The molecule has 100 valence electrons. The quantitative estimate of drug-likeness (QED) is 0.605. The van der Waals surface area contributed by atoms with E-state index in [-0.39, 0.29) is 25.0 Å². The molecule has 1 fully saturated rings. The molecule has 0 aromatic carbocycles. The lowest BCUT2D eigenvalue weighted by atomic mass is 10.1. The molecule has 5 heteroatoms. The fourth-order valence-corrected chi connectivity index (χ4v) is 1.83. The largest absolute Gasteiger partial charge is 0.445 e. The first kappa shape index (κ1) is 14.4. The second-order valence-corrected chi connectivity index (χ2v) is 4.38. The summed E-state index contributed by atoms with van der Waals surface area (Å²) in [7, 11) is 0. The fourth-order valence-electron chi connectivity index (χ4n) is 1.83. The first-order valence-electron chi connectivity index (χ1n) is 5.87. The molecule has 0 aromatic heterocycles. The van der Waals surface area contributed by atoms with E-state index in [1.807, 2.05) is 0 Å². The smallest absolute Gasteiger partial charge is 0.410 e. The molecule has 0 aliphatic carbocycles. The van der Waals surface area contributed by atoms with Gasteiger partial charge in [-0.2, -0.15) is 0 Å². The lowest BCUT2D eigenvalue weighted by Gasteiger charge is -2.21. The molecule has 0 saturated carbocycles. The maximum Gasteiger partial charge on any atom is 0.410 e. The Labute approximate surface area is 107 Å². The highest BCUT2D eigenvalue weighted by Crippen LogP contribution is 2.21. The van der Waals surface area contributed by atoms with Crippen molar-refractivity contribution in [3.63, 3.8) is 0 Å². The zero-order valence-corrected chi connectivity index (χ0v) is 10.8. The van der Waals surface area contributed by atoms with Crippen LogP contribution in [0.3, 0.4) is 0 Å². The van der Waals surface area contributed by atoms with E-state index in [1.54, 1.807) is 13.0 Å². The van der Waals surface area contributed by atoms with Gasteiger partial charge in [-0.3, -0.25) is 9.69 Å². The van der Waals surface area contributed by atoms with E-state index < -0.39 is 12.2 Å². The molecule has 1 aliphatic heterocycles. The van der Waals surface area contributed by atoms with Gasteiger partial charge in [-0.1, -0.05) is 18.7 Å². The van der Waals surface area contributed by atoms with Crippen molar-refractivity contribution in [3.05, 3.63) is 24.3 Å². The molecule has 0 bridgehead atoms. The third kappa shape index (κ3) is 3.70. The molecular formula is C13H19NO4. The van der Waals surface area contributed by atoms with Crippen LogP contribution < -0.4 is 0 Å². The summed E-state index contributed by atoms with van der Waals surface area (Å²) < 4.78 is 4.94. The van der Waals surface area contributed by atoms with Gasteiger partial charge in [-0.25, -0.2) is 4.79 Å². The van der Waals surface area contributed by atoms with Crippen LogP contribution in [0.4, 0.5) is 4.79 Å². The number of amides is 1. The number of aliphatic hydroxyl groups excluding tert-OH is 1. The van der Waals surface area contributed by atoms with Gasteiger partial charge in [0.2, 0.25) is 0 Å². The van der Waals surface area contributed by atoms with Gasteiger partial charge < -0.3 is 9.84 Å².